The lowest BCUT2D eigenvalue weighted by molar-refractivity contribution is -0.139. The summed E-state index contributed by atoms with van der Waals surface area (Å²) in [4.78, 5) is 24.0. The average molecular weight is 389 g/mol. The molecule has 2 aromatic rings. The van der Waals surface area contributed by atoms with Crippen molar-refractivity contribution >= 4 is 50.7 Å². The number of hydrogen-bond donors (Lipinski definition) is 2. The second-order valence-corrected chi connectivity index (χ2v) is 7.11. The van der Waals surface area contributed by atoms with Crippen LogP contribution in [0.2, 0.25) is 5.02 Å². The molecule has 1 amide bonds. The summed E-state index contributed by atoms with van der Waals surface area (Å²) in [6.07, 6.45) is 0. The van der Waals surface area contributed by atoms with E-state index >= 15 is 0 Å². The highest BCUT2D eigenvalue weighted by atomic mass is 79.9. The zero-order valence-corrected chi connectivity index (χ0v) is 14.1. The molecule has 0 radical (unpaired) electrons. The Hall–Kier alpha value is -1.37. The normalized spacial score (nSPS) is 12.0. The van der Waals surface area contributed by atoms with E-state index in [0.29, 0.717) is 15.5 Å². The van der Waals surface area contributed by atoms with Crippen molar-refractivity contribution < 1.29 is 14.7 Å². The largest absolute Gasteiger partial charge is 0.479 e. The molecule has 0 aliphatic rings. The molecular formula is C14H11BrClNO3S. The molecule has 0 aliphatic heterocycles. The Kier molecular flexibility index (Phi) is 5.03. The van der Waals surface area contributed by atoms with E-state index in [4.69, 9.17) is 11.6 Å². The van der Waals surface area contributed by atoms with Crippen LogP contribution in [0.4, 0.5) is 0 Å². The number of carboxylic acid groups (broad SMARTS) is 1. The Morgan fingerprint density at radius 3 is 2.57 bits per heavy atom. The van der Waals surface area contributed by atoms with Crippen LogP contribution < -0.4 is 5.32 Å². The SMILES string of the molecule is Cc1cc(C(=O)N[C@@H](C(=O)O)c2ccccc2Cl)sc1Br. The minimum absolute atomic E-state index is 0.300. The first-order chi connectivity index (χ1) is 9.90. The molecule has 1 aromatic carbocycles. The summed E-state index contributed by atoms with van der Waals surface area (Å²) in [7, 11) is 0. The molecule has 7 heteroatoms. The standard InChI is InChI=1S/C14H11BrClNO3S/c1-7-6-10(21-12(7)15)13(18)17-11(14(19)20)8-4-2-3-5-9(8)16/h2-6,11H,1H3,(H,17,18)(H,19,20)/t11-/m1/s1. The molecule has 1 atom stereocenters. The van der Waals surface area contributed by atoms with Gasteiger partial charge in [-0.3, -0.25) is 4.79 Å². The number of carbonyl (C=O) groups excluding carboxylic acids is 1. The maximum atomic E-state index is 12.2. The lowest BCUT2D eigenvalue weighted by Crippen LogP contribution is -2.33. The molecule has 4 nitrogen and oxygen atoms in total. The van der Waals surface area contributed by atoms with Gasteiger partial charge < -0.3 is 10.4 Å². The van der Waals surface area contributed by atoms with Gasteiger partial charge in [0.1, 0.15) is 0 Å². The fraction of sp³-hybridized carbons (Fsp3) is 0.143. The van der Waals surface area contributed by atoms with Crippen molar-refractivity contribution in [3.8, 4) is 0 Å². The van der Waals surface area contributed by atoms with Crippen molar-refractivity contribution in [2.75, 3.05) is 0 Å². The first-order valence-electron chi connectivity index (χ1n) is 5.94. The lowest BCUT2D eigenvalue weighted by Gasteiger charge is -2.15. The first-order valence-corrected chi connectivity index (χ1v) is 7.93. The quantitative estimate of drug-likeness (QED) is 0.831. The van der Waals surface area contributed by atoms with Gasteiger partial charge in [0.05, 0.1) is 8.66 Å². The molecule has 0 saturated heterocycles. The number of nitrogens with one attached hydrogen (secondary N) is 1. The van der Waals surface area contributed by atoms with E-state index in [1.165, 1.54) is 11.3 Å². The number of aliphatic carboxylic acids is 1. The highest BCUT2D eigenvalue weighted by molar-refractivity contribution is 9.11. The van der Waals surface area contributed by atoms with Crippen LogP contribution in [-0.4, -0.2) is 17.0 Å². The second-order valence-electron chi connectivity index (χ2n) is 4.33. The molecule has 2 rings (SSSR count). The third-order valence-corrected chi connectivity index (χ3v) is 5.30. The van der Waals surface area contributed by atoms with E-state index in [1.54, 1.807) is 30.3 Å². The molecule has 1 aromatic heterocycles. The van der Waals surface area contributed by atoms with Gasteiger partial charge in [0.2, 0.25) is 0 Å². The third-order valence-electron chi connectivity index (χ3n) is 2.82. The Balaban J connectivity index is 2.27. The summed E-state index contributed by atoms with van der Waals surface area (Å²) >= 11 is 10.6. The summed E-state index contributed by atoms with van der Waals surface area (Å²) in [5, 5.41) is 12.1. The number of amides is 1. The van der Waals surface area contributed by atoms with E-state index in [1.807, 2.05) is 6.92 Å². The van der Waals surface area contributed by atoms with Crippen LogP contribution in [0.5, 0.6) is 0 Å². The molecule has 0 fully saturated rings. The van der Waals surface area contributed by atoms with Gasteiger partial charge in [0, 0.05) is 10.6 Å². The Labute approximate surface area is 138 Å². The molecule has 0 saturated carbocycles. The minimum Gasteiger partial charge on any atom is -0.479 e. The van der Waals surface area contributed by atoms with Crippen molar-refractivity contribution in [2.45, 2.75) is 13.0 Å². The van der Waals surface area contributed by atoms with E-state index in [9.17, 15) is 14.7 Å². The van der Waals surface area contributed by atoms with Crippen molar-refractivity contribution in [1.82, 2.24) is 5.32 Å². The van der Waals surface area contributed by atoms with E-state index in [-0.39, 0.29) is 0 Å². The Bertz CT molecular complexity index is 682. The average Bonchev–Trinajstić information content (AvgIpc) is 2.76. The fourth-order valence-electron chi connectivity index (χ4n) is 1.76. The van der Waals surface area contributed by atoms with Crippen molar-refractivity contribution in [2.24, 2.45) is 0 Å². The zero-order valence-electron chi connectivity index (χ0n) is 10.9. The van der Waals surface area contributed by atoms with Gasteiger partial charge in [0.15, 0.2) is 6.04 Å². The monoisotopic (exact) mass is 387 g/mol. The molecule has 0 unspecified atom stereocenters. The lowest BCUT2D eigenvalue weighted by atomic mass is 10.1. The summed E-state index contributed by atoms with van der Waals surface area (Å²) in [6.45, 7) is 1.86. The van der Waals surface area contributed by atoms with E-state index < -0.39 is 17.9 Å². The van der Waals surface area contributed by atoms with Crippen molar-refractivity contribution in [3.63, 3.8) is 0 Å². The number of carboxylic acids is 1. The highest BCUT2D eigenvalue weighted by Gasteiger charge is 2.25. The topological polar surface area (TPSA) is 66.4 Å². The predicted octanol–water partition coefficient (Wildman–Crippen LogP) is 4.03. The maximum absolute atomic E-state index is 12.2. The van der Waals surface area contributed by atoms with Crippen molar-refractivity contribution in [1.29, 1.82) is 0 Å². The third kappa shape index (κ3) is 3.64. The van der Waals surface area contributed by atoms with Gasteiger partial charge in [-0.15, -0.1) is 11.3 Å². The maximum Gasteiger partial charge on any atom is 0.330 e. The molecule has 110 valence electrons. The van der Waals surface area contributed by atoms with Gasteiger partial charge in [-0.2, -0.15) is 0 Å². The van der Waals surface area contributed by atoms with Gasteiger partial charge in [-0.05, 0) is 40.5 Å². The molecule has 21 heavy (non-hydrogen) atoms. The number of carbonyl (C=O) groups is 2. The van der Waals surface area contributed by atoms with Crippen LogP contribution in [0, 0.1) is 6.92 Å². The Morgan fingerprint density at radius 2 is 2.05 bits per heavy atom. The summed E-state index contributed by atoms with van der Waals surface area (Å²) in [5.74, 6) is -1.61. The molecule has 1 heterocycles. The zero-order chi connectivity index (χ0) is 15.6. The molecule has 0 aliphatic carbocycles. The van der Waals surface area contributed by atoms with Crippen molar-refractivity contribution in [3.05, 3.63) is 55.1 Å². The van der Waals surface area contributed by atoms with Gasteiger partial charge in [0.25, 0.3) is 5.91 Å². The van der Waals surface area contributed by atoms with Gasteiger partial charge >= 0.3 is 5.97 Å². The van der Waals surface area contributed by atoms with Crippen LogP contribution in [0.1, 0.15) is 26.8 Å². The van der Waals surface area contributed by atoms with Gasteiger partial charge in [-0.1, -0.05) is 29.8 Å². The Morgan fingerprint density at radius 1 is 1.38 bits per heavy atom. The minimum atomic E-state index is -1.19. The fourth-order valence-corrected chi connectivity index (χ4v) is 3.44. The number of benzene rings is 1. The smallest absolute Gasteiger partial charge is 0.330 e. The first kappa shape index (κ1) is 16.0. The van der Waals surface area contributed by atoms with Gasteiger partial charge in [-0.25, -0.2) is 4.79 Å². The van der Waals surface area contributed by atoms with Crippen LogP contribution in [0.15, 0.2) is 34.1 Å². The summed E-state index contributed by atoms with van der Waals surface area (Å²) < 4.78 is 0.845. The summed E-state index contributed by atoms with van der Waals surface area (Å²) in [5.41, 5.74) is 1.28. The highest BCUT2D eigenvalue weighted by Crippen LogP contribution is 2.28. The van der Waals surface area contributed by atoms with Crippen LogP contribution in [0.3, 0.4) is 0 Å². The number of aryl methyl sites for hydroxylation is 1. The number of rotatable bonds is 4. The van der Waals surface area contributed by atoms with E-state index in [2.05, 4.69) is 21.2 Å². The predicted molar refractivity (Wildman–Crippen MR) is 86.1 cm³/mol. The van der Waals surface area contributed by atoms with E-state index in [0.717, 1.165) is 9.35 Å². The van der Waals surface area contributed by atoms with Crippen LogP contribution in [-0.2, 0) is 4.79 Å². The number of halogens is 2. The second kappa shape index (κ2) is 6.60. The number of thiophene rings is 1. The molecule has 2 N–H and O–H groups in total. The van der Waals surface area contributed by atoms with Crippen LogP contribution in [0.25, 0.3) is 0 Å². The van der Waals surface area contributed by atoms with Crippen LogP contribution >= 0.6 is 38.9 Å². The molecule has 0 bridgehead atoms. The molecule has 0 spiro atoms. The summed E-state index contributed by atoms with van der Waals surface area (Å²) in [6, 6.07) is 7.06. The number of hydrogen-bond acceptors (Lipinski definition) is 3. The molecular weight excluding hydrogens is 378 g/mol.